The van der Waals surface area contributed by atoms with E-state index in [0.717, 1.165) is 44.8 Å². The van der Waals surface area contributed by atoms with Gasteiger partial charge in [-0.15, -0.1) is 5.10 Å². The lowest BCUT2D eigenvalue weighted by molar-refractivity contribution is 0.0421. The first-order chi connectivity index (χ1) is 26.3. The third kappa shape index (κ3) is 6.86. The minimum atomic E-state index is -1.27. The van der Waals surface area contributed by atoms with Crippen molar-refractivity contribution in [2.45, 2.75) is 50.8 Å². The van der Waals surface area contributed by atoms with Crippen molar-refractivity contribution in [3.05, 3.63) is 179 Å². The SMILES string of the molecule is CCn1c(CSC)nc(C(=O)OCc2ccc(-c3ccccc3-c3nnnn3C(c3ccccc3)(c3ccccc3)c3ccccc3)cc2)c1C(C)(C)O. The van der Waals surface area contributed by atoms with Crippen LogP contribution >= 0.6 is 11.8 Å². The Labute approximate surface area is 319 Å². The Hall–Kier alpha value is -5.84. The smallest absolute Gasteiger partial charge is 0.359 e. The van der Waals surface area contributed by atoms with Gasteiger partial charge in [0.05, 0.1) is 11.4 Å². The second-order valence-electron chi connectivity index (χ2n) is 13.5. The highest BCUT2D eigenvalue weighted by molar-refractivity contribution is 7.97. The van der Waals surface area contributed by atoms with Gasteiger partial charge in [0.15, 0.2) is 11.5 Å². The van der Waals surface area contributed by atoms with E-state index in [9.17, 15) is 9.90 Å². The first-order valence-corrected chi connectivity index (χ1v) is 19.3. The molecule has 7 rings (SSSR count). The fourth-order valence-electron chi connectivity index (χ4n) is 7.26. The summed E-state index contributed by atoms with van der Waals surface area (Å²) < 4.78 is 9.62. The molecule has 0 aliphatic heterocycles. The summed E-state index contributed by atoms with van der Waals surface area (Å²) in [6.07, 6.45) is 1.98. The maximum absolute atomic E-state index is 13.4. The van der Waals surface area contributed by atoms with Crippen molar-refractivity contribution >= 4 is 17.7 Å². The molecule has 0 aliphatic carbocycles. The van der Waals surface area contributed by atoms with Gasteiger partial charge in [-0.05, 0) is 70.8 Å². The lowest BCUT2D eigenvalue weighted by atomic mass is 9.77. The molecule has 2 heterocycles. The number of carbonyl (C=O) groups excluding carboxylic acids is 1. The average Bonchev–Trinajstić information content (AvgIpc) is 3.85. The lowest BCUT2D eigenvalue weighted by Gasteiger charge is -2.36. The summed E-state index contributed by atoms with van der Waals surface area (Å²) >= 11 is 1.61. The number of imidazole rings is 1. The predicted octanol–water partition coefficient (Wildman–Crippen LogP) is 8.51. The summed E-state index contributed by atoms with van der Waals surface area (Å²) in [5, 5.41) is 24.7. The van der Waals surface area contributed by atoms with Crippen LogP contribution in [0.2, 0.25) is 0 Å². The van der Waals surface area contributed by atoms with Gasteiger partial charge in [-0.3, -0.25) is 0 Å². The summed E-state index contributed by atoms with van der Waals surface area (Å²) in [6, 6.07) is 47.0. The van der Waals surface area contributed by atoms with E-state index in [-0.39, 0.29) is 12.3 Å². The van der Waals surface area contributed by atoms with E-state index < -0.39 is 17.1 Å². The first-order valence-electron chi connectivity index (χ1n) is 17.9. The molecule has 272 valence electrons. The Morgan fingerprint density at radius 1 is 0.759 bits per heavy atom. The van der Waals surface area contributed by atoms with E-state index >= 15 is 0 Å². The molecule has 0 saturated heterocycles. The van der Waals surface area contributed by atoms with Gasteiger partial charge in [0.25, 0.3) is 0 Å². The van der Waals surface area contributed by atoms with E-state index in [1.54, 1.807) is 25.6 Å². The summed E-state index contributed by atoms with van der Waals surface area (Å²) in [5.41, 5.74) is 5.07. The molecule has 2 aromatic heterocycles. The van der Waals surface area contributed by atoms with E-state index in [2.05, 4.69) is 57.8 Å². The number of nitrogens with zero attached hydrogens (tertiary/aromatic N) is 6. The minimum absolute atomic E-state index is 0.0505. The van der Waals surface area contributed by atoms with E-state index in [4.69, 9.17) is 9.95 Å². The highest BCUT2D eigenvalue weighted by atomic mass is 32.2. The van der Waals surface area contributed by atoms with E-state index in [1.165, 1.54) is 0 Å². The molecule has 54 heavy (non-hydrogen) atoms. The standard InChI is InChI=1S/C44H42N6O3S/c1-5-49-38(30-54-4)45-39(40(49)43(2,3)52)42(51)53-29-31-25-27-32(28-26-31)36-23-15-16-24-37(36)41-46-47-48-50(41)44(33-17-9-6-10-18-33,34-19-11-7-12-20-34)35-21-13-8-14-22-35/h6-28,52H,5,29-30H2,1-4H3. The molecule has 7 aromatic rings. The Balaban J connectivity index is 1.24. The quantitative estimate of drug-likeness (QED) is 0.0929. The van der Waals surface area contributed by atoms with E-state index in [0.29, 0.717) is 23.8 Å². The number of tetrazole rings is 1. The van der Waals surface area contributed by atoms with Crippen molar-refractivity contribution in [1.82, 2.24) is 29.8 Å². The van der Waals surface area contributed by atoms with Gasteiger partial charge >= 0.3 is 5.97 Å². The molecule has 0 bridgehead atoms. The molecule has 10 heteroatoms. The molecular formula is C44H42N6O3S. The number of ether oxygens (including phenoxy) is 1. The minimum Gasteiger partial charge on any atom is -0.456 e. The third-order valence-electron chi connectivity index (χ3n) is 9.57. The number of hydrogen-bond donors (Lipinski definition) is 1. The highest BCUT2D eigenvalue weighted by Gasteiger charge is 2.42. The van der Waals surface area contributed by atoms with Crippen LogP contribution in [0.4, 0.5) is 0 Å². The van der Waals surface area contributed by atoms with Crippen molar-refractivity contribution < 1.29 is 14.6 Å². The fraction of sp³-hybridized carbons (Fsp3) is 0.205. The zero-order chi connectivity index (χ0) is 37.7. The zero-order valence-electron chi connectivity index (χ0n) is 30.8. The fourth-order valence-corrected chi connectivity index (χ4v) is 7.73. The van der Waals surface area contributed by atoms with Crippen LogP contribution < -0.4 is 0 Å². The zero-order valence-corrected chi connectivity index (χ0v) is 31.6. The van der Waals surface area contributed by atoms with Crippen LogP contribution in [0.25, 0.3) is 22.5 Å². The van der Waals surface area contributed by atoms with Crippen LogP contribution in [0, 0.1) is 0 Å². The number of aliphatic hydroxyl groups is 1. The number of thioether (sulfide) groups is 1. The first kappa shape index (κ1) is 36.5. The number of hydrogen-bond acceptors (Lipinski definition) is 8. The van der Waals surface area contributed by atoms with Gasteiger partial charge in [-0.1, -0.05) is 140 Å². The lowest BCUT2D eigenvalue weighted by Crippen LogP contribution is -2.39. The number of aromatic nitrogens is 6. The van der Waals surface area contributed by atoms with Gasteiger partial charge < -0.3 is 14.4 Å². The van der Waals surface area contributed by atoms with Gasteiger partial charge in [-0.2, -0.15) is 11.8 Å². The molecule has 0 aliphatic rings. The molecule has 0 amide bonds. The topological polar surface area (TPSA) is 108 Å². The van der Waals surface area contributed by atoms with Crippen LogP contribution in [-0.4, -0.2) is 47.1 Å². The second-order valence-corrected chi connectivity index (χ2v) is 14.4. The van der Waals surface area contributed by atoms with Gasteiger partial charge in [0.1, 0.15) is 23.6 Å². The van der Waals surface area contributed by atoms with Crippen molar-refractivity contribution in [1.29, 1.82) is 0 Å². The predicted molar refractivity (Wildman–Crippen MR) is 213 cm³/mol. The summed E-state index contributed by atoms with van der Waals surface area (Å²) in [6.45, 7) is 5.93. The molecule has 0 radical (unpaired) electrons. The monoisotopic (exact) mass is 734 g/mol. The van der Waals surface area contributed by atoms with Crippen LogP contribution in [0.15, 0.2) is 140 Å². The Morgan fingerprint density at radius 2 is 1.30 bits per heavy atom. The summed E-state index contributed by atoms with van der Waals surface area (Å²) in [5.74, 6) is 1.39. The van der Waals surface area contributed by atoms with Gasteiger partial charge in [0, 0.05) is 12.1 Å². The molecule has 5 aromatic carbocycles. The number of esters is 1. The molecule has 0 saturated carbocycles. The van der Waals surface area contributed by atoms with Gasteiger partial charge in [0.2, 0.25) is 0 Å². The van der Waals surface area contributed by atoms with Crippen molar-refractivity contribution in [2.75, 3.05) is 6.26 Å². The Kier molecular flexibility index (Phi) is 10.6. The summed E-state index contributed by atoms with van der Waals surface area (Å²) in [7, 11) is 0. The summed E-state index contributed by atoms with van der Waals surface area (Å²) in [4.78, 5) is 18.0. The maximum Gasteiger partial charge on any atom is 0.359 e. The van der Waals surface area contributed by atoms with Crippen LogP contribution in [-0.2, 0) is 34.8 Å². The molecule has 1 N–H and O–H groups in total. The number of rotatable bonds is 13. The maximum atomic E-state index is 13.4. The van der Waals surface area contributed by atoms with Crippen molar-refractivity contribution in [3.63, 3.8) is 0 Å². The van der Waals surface area contributed by atoms with E-state index in [1.807, 2.05) is 119 Å². The molecule has 9 nitrogen and oxygen atoms in total. The van der Waals surface area contributed by atoms with Crippen LogP contribution in [0.1, 0.15) is 65.0 Å². The Bertz CT molecular complexity index is 2240. The normalized spacial score (nSPS) is 11.8. The average molecular weight is 735 g/mol. The van der Waals surface area contributed by atoms with Crippen LogP contribution in [0.5, 0.6) is 0 Å². The molecule has 0 spiro atoms. The van der Waals surface area contributed by atoms with Crippen LogP contribution in [0.3, 0.4) is 0 Å². The van der Waals surface area contributed by atoms with Gasteiger partial charge in [-0.25, -0.2) is 14.5 Å². The molecule has 0 atom stereocenters. The molecule has 0 fully saturated rings. The van der Waals surface area contributed by atoms with Crippen molar-refractivity contribution in [3.8, 4) is 22.5 Å². The second kappa shape index (κ2) is 15.6. The number of carbonyl (C=O) groups is 1. The molecular weight excluding hydrogens is 693 g/mol. The number of benzene rings is 5. The molecule has 0 unspecified atom stereocenters. The highest BCUT2D eigenvalue weighted by Crippen LogP contribution is 2.43. The Morgan fingerprint density at radius 3 is 1.81 bits per heavy atom. The third-order valence-corrected chi connectivity index (χ3v) is 10.1. The van der Waals surface area contributed by atoms with Crippen molar-refractivity contribution in [2.24, 2.45) is 0 Å². The largest absolute Gasteiger partial charge is 0.456 e.